The highest BCUT2D eigenvalue weighted by atomic mass is 19.4. The Bertz CT molecular complexity index is 763. The van der Waals surface area contributed by atoms with E-state index >= 15 is 0 Å². The van der Waals surface area contributed by atoms with Gasteiger partial charge in [-0.1, -0.05) is 6.07 Å². The first-order valence-electron chi connectivity index (χ1n) is 7.05. The third-order valence-electron chi connectivity index (χ3n) is 3.69. The maximum absolute atomic E-state index is 12.1. The number of nitro benzene ring substituents is 1. The Kier molecular flexibility index (Phi) is 4.00. The Hall–Kier alpha value is -2.84. The van der Waals surface area contributed by atoms with Crippen LogP contribution in [0, 0.1) is 10.1 Å². The van der Waals surface area contributed by atoms with Crippen LogP contribution in [0.15, 0.2) is 36.5 Å². The molecule has 126 valence electrons. The Morgan fingerprint density at radius 3 is 2.62 bits per heavy atom. The van der Waals surface area contributed by atoms with Gasteiger partial charge in [-0.2, -0.15) is 0 Å². The van der Waals surface area contributed by atoms with E-state index in [2.05, 4.69) is 9.72 Å². The minimum atomic E-state index is -4.76. The smallest absolute Gasteiger partial charge is 0.404 e. The van der Waals surface area contributed by atoms with Gasteiger partial charge in [0.25, 0.3) is 5.69 Å². The lowest BCUT2D eigenvalue weighted by molar-refractivity contribution is -0.384. The molecule has 0 saturated carbocycles. The van der Waals surface area contributed by atoms with Crippen molar-refractivity contribution in [2.24, 2.45) is 0 Å². The maximum Gasteiger partial charge on any atom is 0.573 e. The van der Waals surface area contributed by atoms with Gasteiger partial charge >= 0.3 is 6.36 Å². The van der Waals surface area contributed by atoms with Crippen LogP contribution in [0.25, 0.3) is 0 Å². The number of anilines is 1. The number of aromatic nitrogens is 1. The molecule has 2 aromatic rings. The molecule has 9 heteroatoms. The summed E-state index contributed by atoms with van der Waals surface area (Å²) in [6.45, 7) is 1.03. The zero-order valence-electron chi connectivity index (χ0n) is 12.3. The molecular formula is C15H12F3N3O3. The van der Waals surface area contributed by atoms with Gasteiger partial charge in [0.1, 0.15) is 11.6 Å². The lowest BCUT2D eigenvalue weighted by Crippen LogP contribution is -2.31. The molecule has 1 aromatic carbocycles. The van der Waals surface area contributed by atoms with E-state index in [4.69, 9.17) is 0 Å². The standard InChI is InChI=1S/C15H12F3N3O3/c16-15(17,18)24-13-3-4-14(19-8-13)20-6-5-10-1-2-12(21(22)23)7-11(10)9-20/h1-4,7-8H,5-6,9H2. The van der Waals surface area contributed by atoms with Crippen LogP contribution in [0.5, 0.6) is 5.75 Å². The van der Waals surface area contributed by atoms with Crippen molar-refractivity contribution >= 4 is 11.5 Å². The molecular weight excluding hydrogens is 327 g/mol. The molecule has 0 aliphatic carbocycles. The van der Waals surface area contributed by atoms with Crippen molar-refractivity contribution < 1.29 is 22.8 Å². The van der Waals surface area contributed by atoms with E-state index in [0.717, 1.165) is 17.3 Å². The molecule has 0 unspecified atom stereocenters. The van der Waals surface area contributed by atoms with Crippen molar-refractivity contribution in [3.8, 4) is 5.75 Å². The zero-order chi connectivity index (χ0) is 17.3. The largest absolute Gasteiger partial charge is 0.573 e. The van der Waals surface area contributed by atoms with Crippen LogP contribution < -0.4 is 9.64 Å². The van der Waals surface area contributed by atoms with E-state index in [0.29, 0.717) is 25.3 Å². The molecule has 2 heterocycles. The number of hydrogen-bond donors (Lipinski definition) is 0. The molecule has 0 amide bonds. The first-order valence-corrected chi connectivity index (χ1v) is 7.05. The summed E-state index contributed by atoms with van der Waals surface area (Å²) in [7, 11) is 0. The van der Waals surface area contributed by atoms with Crippen LogP contribution >= 0.6 is 0 Å². The Balaban J connectivity index is 1.77. The van der Waals surface area contributed by atoms with Crippen LogP contribution in [-0.2, 0) is 13.0 Å². The van der Waals surface area contributed by atoms with Gasteiger partial charge in [0.15, 0.2) is 0 Å². The number of rotatable bonds is 3. The Morgan fingerprint density at radius 1 is 1.21 bits per heavy atom. The van der Waals surface area contributed by atoms with Crippen LogP contribution in [0.3, 0.4) is 0 Å². The summed E-state index contributed by atoms with van der Waals surface area (Å²) in [5, 5.41) is 10.9. The molecule has 24 heavy (non-hydrogen) atoms. The highest BCUT2D eigenvalue weighted by Crippen LogP contribution is 2.28. The molecule has 0 radical (unpaired) electrons. The average molecular weight is 339 g/mol. The van der Waals surface area contributed by atoms with Crippen LogP contribution in [0.1, 0.15) is 11.1 Å². The van der Waals surface area contributed by atoms with Gasteiger partial charge < -0.3 is 9.64 Å². The summed E-state index contributed by atoms with van der Waals surface area (Å²) >= 11 is 0. The number of benzene rings is 1. The lowest BCUT2D eigenvalue weighted by Gasteiger charge is -2.29. The van der Waals surface area contributed by atoms with E-state index in [1.54, 1.807) is 6.07 Å². The van der Waals surface area contributed by atoms with Gasteiger partial charge in [-0.15, -0.1) is 13.2 Å². The summed E-state index contributed by atoms with van der Waals surface area (Å²) in [6.07, 6.45) is -3.08. The predicted octanol–water partition coefficient (Wildman–Crippen LogP) is 3.45. The third kappa shape index (κ3) is 3.55. The molecule has 0 spiro atoms. The monoisotopic (exact) mass is 339 g/mol. The van der Waals surface area contributed by atoms with Crippen molar-refractivity contribution in [2.45, 2.75) is 19.3 Å². The van der Waals surface area contributed by atoms with E-state index in [1.165, 1.54) is 24.3 Å². The SMILES string of the molecule is O=[N+]([O-])c1ccc2c(c1)CN(c1ccc(OC(F)(F)F)cn1)CC2. The molecule has 0 atom stereocenters. The predicted molar refractivity (Wildman–Crippen MR) is 78.8 cm³/mol. The fourth-order valence-corrected chi connectivity index (χ4v) is 2.61. The number of fused-ring (bicyclic) bond motifs is 1. The van der Waals surface area contributed by atoms with Crippen molar-refractivity contribution in [3.05, 3.63) is 57.8 Å². The van der Waals surface area contributed by atoms with Gasteiger partial charge in [0, 0.05) is 25.2 Å². The first-order chi connectivity index (χ1) is 11.3. The van der Waals surface area contributed by atoms with Gasteiger partial charge in [0.05, 0.1) is 11.1 Å². The molecule has 0 saturated heterocycles. The van der Waals surface area contributed by atoms with Crippen LogP contribution in [0.4, 0.5) is 24.7 Å². The molecule has 0 fully saturated rings. The minimum absolute atomic E-state index is 0.0116. The van der Waals surface area contributed by atoms with Gasteiger partial charge in [-0.25, -0.2) is 4.98 Å². The van der Waals surface area contributed by atoms with Crippen molar-refractivity contribution in [1.82, 2.24) is 4.98 Å². The molecule has 0 N–H and O–H groups in total. The molecule has 1 aromatic heterocycles. The zero-order valence-corrected chi connectivity index (χ0v) is 12.3. The van der Waals surface area contributed by atoms with Crippen LogP contribution in [0.2, 0.25) is 0 Å². The van der Waals surface area contributed by atoms with E-state index in [1.807, 2.05) is 4.90 Å². The van der Waals surface area contributed by atoms with Crippen LogP contribution in [-0.4, -0.2) is 22.8 Å². The second-order valence-electron chi connectivity index (χ2n) is 5.28. The Labute approximate surface area is 134 Å². The maximum atomic E-state index is 12.1. The van der Waals surface area contributed by atoms with E-state index < -0.39 is 11.3 Å². The van der Waals surface area contributed by atoms with Crippen molar-refractivity contribution in [3.63, 3.8) is 0 Å². The normalized spacial score (nSPS) is 14.2. The van der Waals surface area contributed by atoms with Gasteiger partial charge in [-0.05, 0) is 29.7 Å². The summed E-state index contributed by atoms with van der Waals surface area (Å²) in [5.74, 6) is 0.0981. The molecule has 6 nitrogen and oxygen atoms in total. The van der Waals surface area contributed by atoms with Gasteiger partial charge in [-0.3, -0.25) is 10.1 Å². The molecule has 3 rings (SSSR count). The fraction of sp³-hybridized carbons (Fsp3) is 0.267. The second kappa shape index (κ2) is 5.99. The average Bonchev–Trinajstić information content (AvgIpc) is 2.53. The number of non-ortho nitro benzene ring substituents is 1. The second-order valence-corrected chi connectivity index (χ2v) is 5.28. The fourth-order valence-electron chi connectivity index (χ4n) is 2.61. The molecule has 0 bridgehead atoms. The topological polar surface area (TPSA) is 68.5 Å². The van der Waals surface area contributed by atoms with Crippen molar-refractivity contribution in [1.29, 1.82) is 0 Å². The van der Waals surface area contributed by atoms with Crippen molar-refractivity contribution in [2.75, 3.05) is 11.4 Å². The number of ether oxygens (including phenoxy) is 1. The number of alkyl halides is 3. The highest BCUT2D eigenvalue weighted by molar-refractivity contribution is 5.48. The van der Waals surface area contributed by atoms with E-state index in [9.17, 15) is 23.3 Å². The van der Waals surface area contributed by atoms with E-state index in [-0.39, 0.29) is 11.4 Å². The lowest BCUT2D eigenvalue weighted by atomic mass is 9.99. The number of pyridine rings is 1. The quantitative estimate of drug-likeness (QED) is 0.633. The highest BCUT2D eigenvalue weighted by Gasteiger charge is 2.31. The molecule has 1 aliphatic heterocycles. The summed E-state index contributed by atoms with van der Waals surface area (Å²) in [6, 6.07) is 7.35. The third-order valence-corrected chi connectivity index (χ3v) is 3.69. The minimum Gasteiger partial charge on any atom is -0.404 e. The first kappa shape index (κ1) is 16.0. The number of halogens is 3. The summed E-state index contributed by atoms with van der Waals surface area (Å²) in [5.41, 5.74) is 1.85. The molecule has 1 aliphatic rings. The number of nitro groups is 1. The summed E-state index contributed by atoms with van der Waals surface area (Å²) in [4.78, 5) is 16.2. The van der Waals surface area contributed by atoms with Gasteiger partial charge in [0.2, 0.25) is 0 Å². The number of hydrogen-bond acceptors (Lipinski definition) is 5. The summed E-state index contributed by atoms with van der Waals surface area (Å²) < 4.78 is 40.2. The Morgan fingerprint density at radius 2 is 2.00 bits per heavy atom. The number of nitrogens with zero attached hydrogens (tertiary/aromatic N) is 3.